The van der Waals surface area contributed by atoms with Crippen LogP contribution in [0, 0.1) is 0 Å². The molecule has 0 aliphatic heterocycles. The van der Waals surface area contributed by atoms with E-state index in [4.69, 9.17) is 22.1 Å². The summed E-state index contributed by atoms with van der Waals surface area (Å²) in [5, 5.41) is 0.672. The minimum atomic E-state index is 0.450. The van der Waals surface area contributed by atoms with E-state index < -0.39 is 0 Å². The van der Waals surface area contributed by atoms with Crippen molar-refractivity contribution in [3.8, 4) is 11.8 Å². The van der Waals surface area contributed by atoms with Gasteiger partial charge in [-0.1, -0.05) is 11.6 Å². The Hall–Kier alpha value is -1.68. The van der Waals surface area contributed by atoms with Gasteiger partial charge in [0.25, 0.3) is 0 Å². The molecule has 0 radical (unpaired) electrons. The van der Waals surface area contributed by atoms with Gasteiger partial charge < -0.3 is 10.5 Å². The Balaban J connectivity index is 2.22. The second kappa shape index (κ2) is 4.45. The van der Waals surface area contributed by atoms with E-state index in [1.54, 1.807) is 30.5 Å². The fourth-order valence-electron chi connectivity index (χ4n) is 1.33. The molecular weight excluding hydrogens is 226 g/mol. The lowest BCUT2D eigenvalue weighted by Gasteiger charge is -2.05. The summed E-state index contributed by atoms with van der Waals surface area (Å²) in [6, 6.07) is 7.58. The quantitative estimate of drug-likeness (QED) is 0.893. The van der Waals surface area contributed by atoms with E-state index in [0.717, 1.165) is 6.54 Å². The number of aromatic nitrogens is 2. The highest BCUT2D eigenvalue weighted by molar-refractivity contribution is 6.30. The predicted molar refractivity (Wildman–Crippen MR) is 63.8 cm³/mol. The number of hydrogen-bond acceptors (Lipinski definition) is 3. The lowest BCUT2D eigenvalue weighted by atomic mass is 10.3. The summed E-state index contributed by atoms with van der Waals surface area (Å²) in [5.74, 6) is 1.13. The Morgan fingerprint density at radius 2 is 2.06 bits per heavy atom. The molecule has 0 bridgehead atoms. The molecule has 16 heavy (non-hydrogen) atoms. The Bertz CT molecular complexity index is 478. The molecule has 0 amide bonds. The number of imidazole rings is 1. The average Bonchev–Trinajstić information content (AvgIpc) is 2.62. The van der Waals surface area contributed by atoms with Gasteiger partial charge >= 0.3 is 6.01 Å². The van der Waals surface area contributed by atoms with Crippen molar-refractivity contribution in [2.24, 2.45) is 0 Å². The van der Waals surface area contributed by atoms with Crippen LogP contribution in [-0.2, 0) is 6.54 Å². The number of aryl methyl sites for hydroxylation is 1. The van der Waals surface area contributed by atoms with Crippen molar-refractivity contribution in [1.82, 2.24) is 9.55 Å². The molecule has 0 fully saturated rings. The van der Waals surface area contributed by atoms with Crippen molar-refractivity contribution in [1.29, 1.82) is 0 Å². The minimum absolute atomic E-state index is 0.450. The monoisotopic (exact) mass is 237 g/mol. The maximum Gasteiger partial charge on any atom is 0.303 e. The molecule has 2 N–H and O–H groups in total. The molecule has 0 aliphatic rings. The number of ether oxygens (including phenoxy) is 1. The van der Waals surface area contributed by atoms with E-state index in [0.29, 0.717) is 22.6 Å². The topological polar surface area (TPSA) is 53.1 Å². The lowest BCUT2D eigenvalue weighted by Crippen LogP contribution is -1.96. The van der Waals surface area contributed by atoms with Gasteiger partial charge in [-0.2, -0.15) is 4.98 Å². The Kier molecular flexibility index (Phi) is 3.01. The zero-order valence-corrected chi connectivity index (χ0v) is 9.61. The number of halogens is 1. The van der Waals surface area contributed by atoms with Crippen LogP contribution in [0.25, 0.3) is 0 Å². The summed E-state index contributed by atoms with van der Waals surface area (Å²) in [5.41, 5.74) is 5.60. The predicted octanol–water partition coefficient (Wildman–Crippen LogP) is 2.93. The third-order valence-electron chi connectivity index (χ3n) is 2.12. The molecule has 84 valence electrons. The van der Waals surface area contributed by atoms with Gasteiger partial charge in [0.2, 0.25) is 0 Å². The summed E-state index contributed by atoms with van der Waals surface area (Å²) < 4.78 is 7.43. The number of nitrogen functional groups attached to an aromatic ring is 1. The average molecular weight is 238 g/mol. The molecule has 2 aromatic rings. The van der Waals surface area contributed by atoms with E-state index in [1.807, 2.05) is 11.5 Å². The van der Waals surface area contributed by atoms with Crippen molar-refractivity contribution < 1.29 is 4.74 Å². The Labute approximate surface area is 98.6 Å². The molecule has 0 saturated heterocycles. The summed E-state index contributed by atoms with van der Waals surface area (Å²) in [4.78, 5) is 4.08. The summed E-state index contributed by atoms with van der Waals surface area (Å²) in [6.07, 6.45) is 1.74. The molecule has 1 aromatic carbocycles. The van der Waals surface area contributed by atoms with Crippen molar-refractivity contribution in [2.45, 2.75) is 13.5 Å². The van der Waals surface area contributed by atoms with Crippen LogP contribution in [0.5, 0.6) is 11.8 Å². The third-order valence-corrected chi connectivity index (χ3v) is 2.37. The molecule has 4 nitrogen and oxygen atoms in total. The first kappa shape index (κ1) is 10.8. The highest BCUT2D eigenvalue weighted by atomic mass is 35.5. The molecule has 2 rings (SSSR count). The van der Waals surface area contributed by atoms with Crippen LogP contribution >= 0.6 is 11.6 Å². The van der Waals surface area contributed by atoms with Gasteiger partial charge in [0.05, 0.1) is 6.20 Å². The normalized spacial score (nSPS) is 10.4. The van der Waals surface area contributed by atoms with Gasteiger partial charge in [0.15, 0.2) is 0 Å². The smallest absolute Gasteiger partial charge is 0.303 e. The summed E-state index contributed by atoms with van der Waals surface area (Å²) >= 11 is 5.78. The number of rotatable bonds is 3. The fourth-order valence-corrected chi connectivity index (χ4v) is 1.46. The van der Waals surface area contributed by atoms with E-state index in [1.165, 1.54) is 0 Å². The van der Waals surface area contributed by atoms with E-state index >= 15 is 0 Å². The highest BCUT2D eigenvalue weighted by Crippen LogP contribution is 2.23. The van der Waals surface area contributed by atoms with E-state index in [-0.39, 0.29) is 0 Å². The Morgan fingerprint density at radius 3 is 2.69 bits per heavy atom. The van der Waals surface area contributed by atoms with Gasteiger partial charge in [-0.15, -0.1) is 0 Å². The number of anilines is 1. The largest absolute Gasteiger partial charge is 0.425 e. The van der Waals surface area contributed by atoms with E-state index in [9.17, 15) is 0 Å². The second-order valence-corrected chi connectivity index (χ2v) is 3.73. The minimum Gasteiger partial charge on any atom is -0.425 e. The molecule has 0 atom stereocenters. The van der Waals surface area contributed by atoms with Crippen LogP contribution in [0.2, 0.25) is 5.02 Å². The molecule has 0 unspecified atom stereocenters. The molecule has 0 aliphatic carbocycles. The van der Waals surface area contributed by atoms with E-state index in [2.05, 4.69) is 4.98 Å². The van der Waals surface area contributed by atoms with Crippen molar-refractivity contribution in [2.75, 3.05) is 5.73 Å². The molecule has 1 aromatic heterocycles. The van der Waals surface area contributed by atoms with Crippen molar-refractivity contribution in [3.05, 3.63) is 35.5 Å². The molecule has 0 spiro atoms. The van der Waals surface area contributed by atoms with Crippen LogP contribution < -0.4 is 10.5 Å². The second-order valence-electron chi connectivity index (χ2n) is 3.29. The first-order valence-corrected chi connectivity index (χ1v) is 5.33. The number of benzene rings is 1. The SMILES string of the molecule is CCn1cc(N)nc1Oc1ccc(Cl)cc1. The van der Waals surface area contributed by atoms with Crippen LogP contribution in [0.15, 0.2) is 30.5 Å². The van der Waals surface area contributed by atoms with Gasteiger partial charge in [0, 0.05) is 11.6 Å². The molecule has 1 heterocycles. The summed E-state index contributed by atoms with van der Waals surface area (Å²) in [6.45, 7) is 2.75. The van der Waals surface area contributed by atoms with Crippen LogP contribution in [-0.4, -0.2) is 9.55 Å². The van der Waals surface area contributed by atoms with Gasteiger partial charge in [-0.05, 0) is 31.2 Å². The molecule has 5 heteroatoms. The van der Waals surface area contributed by atoms with Crippen molar-refractivity contribution in [3.63, 3.8) is 0 Å². The number of nitrogens with two attached hydrogens (primary N) is 1. The van der Waals surface area contributed by atoms with Crippen LogP contribution in [0.3, 0.4) is 0 Å². The lowest BCUT2D eigenvalue weighted by molar-refractivity contribution is 0.415. The Morgan fingerprint density at radius 1 is 1.38 bits per heavy atom. The highest BCUT2D eigenvalue weighted by Gasteiger charge is 2.06. The number of hydrogen-bond donors (Lipinski definition) is 1. The first-order chi connectivity index (χ1) is 7.69. The molecular formula is C11H12ClN3O. The summed E-state index contributed by atoms with van der Waals surface area (Å²) in [7, 11) is 0. The van der Waals surface area contributed by atoms with Crippen LogP contribution in [0.1, 0.15) is 6.92 Å². The standard InChI is InChI=1S/C11H12ClN3O/c1-2-15-7-10(13)14-11(15)16-9-5-3-8(12)4-6-9/h3-7H,2,13H2,1H3. The van der Waals surface area contributed by atoms with Gasteiger partial charge in [0.1, 0.15) is 11.6 Å². The van der Waals surface area contributed by atoms with Crippen LogP contribution in [0.4, 0.5) is 5.82 Å². The fraction of sp³-hybridized carbons (Fsp3) is 0.182. The maximum absolute atomic E-state index is 5.78. The zero-order valence-electron chi connectivity index (χ0n) is 8.85. The first-order valence-electron chi connectivity index (χ1n) is 4.95. The molecule has 0 saturated carbocycles. The van der Waals surface area contributed by atoms with Gasteiger partial charge in [-0.3, -0.25) is 4.57 Å². The third kappa shape index (κ3) is 2.28. The maximum atomic E-state index is 5.78. The number of nitrogens with zero attached hydrogens (tertiary/aromatic N) is 2. The van der Waals surface area contributed by atoms with Crippen molar-refractivity contribution >= 4 is 17.4 Å². The zero-order chi connectivity index (χ0) is 11.5. The van der Waals surface area contributed by atoms with Gasteiger partial charge in [-0.25, -0.2) is 0 Å².